The standard InChI is InChI=1S/C21H23N5O3/c27-19(13-26-11-15-3-1-2-4-18(15)21(26)29)24-17-8-10-25(12-17)20(28)6-5-16-7-9-22-14-23-16/h1-4,7,9,14,17H,5-6,8,10-13H2,(H,24,27)/t17-/m0/s1. The molecule has 2 aromatic rings. The smallest absolute Gasteiger partial charge is 0.254 e. The quantitative estimate of drug-likeness (QED) is 0.783. The molecule has 3 heterocycles. The second kappa shape index (κ2) is 8.38. The summed E-state index contributed by atoms with van der Waals surface area (Å²) in [7, 11) is 0. The van der Waals surface area contributed by atoms with E-state index >= 15 is 0 Å². The third kappa shape index (κ3) is 4.42. The molecule has 4 rings (SSSR count). The van der Waals surface area contributed by atoms with Gasteiger partial charge in [0.15, 0.2) is 0 Å². The summed E-state index contributed by atoms with van der Waals surface area (Å²) >= 11 is 0. The minimum atomic E-state index is -0.188. The van der Waals surface area contributed by atoms with Gasteiger partial charge < -0.3 is 15.1 Å². The second-order valence-corrected chi connectivity index (χ2v) is 7.41. The highest BCUT2D eigenvalue weighted by molar-refractivity contribution is 6.00. The number of benzene rings is 1. The van der Waals surface area contributed by atoms with Crippen molar-refractivity contribution in [1.82, 2.24) is 25.1 Å². The number of carbonyl (C=O) groups is 3. The maximum atomic E-state index is 12.4. The molecule has 1 N–H and O–H groups in total. The van der Waals surface area contributed by atoms with Gasteiger partial charge in [-0.05, 0) is 30.5 Å². The molecule has 8 nitrogen and oxygen atoms in total. The summed E-state index contributed by atoms with van der Waals surface area (Å²) in [6.45, 7) is 1.62. The Balaban J connectivity index is 1.22. The molecule has 2 aliphatic rings. The average molecular weight is 393 g/mol. The molecule has 1 atom stereocenters. The van der Waals surface area contributed by atoms with Crippen LogP contribution in [-0.2, 0) is 22.6 Å². The van der Waals surface area contributed by atoms with Crippen LogP contribution >= 0.6 is 0 Å². The van der Waals surface area contributed by atoms with E-state index in [4.69, 9.17) is 0 Å². The van der Waals surface area contributed by atoms with Crippen molar-refractivity contribution in [3.63, 3.8) is 0 Å². The fraction of sp³-hybridized carbons (Fsp3) is 0.381. The van der Waals surface area contributed by atoms with Gasteiger partial charge >= 0.3 is 0 Å². The number of rotatable bonds is 6. The number of aryl methyl sites for hydroxylation is 1. The Labute approximate surface area is 168 Å². The molecule has 0 spiro atoms. The van der Waals surface area contributed by atoms with E-state index in [9.17, 15) is 14.4 Å². The summed E-state index contributed by atoms with van der Waals surface area (Å²) < 4.78 is 0. The van der Waals surface area contributed by atoms with E-state index in [0.29, 0.717) is 38.0 Å². The Hall–Kier alpha value is -3.29. The molecule has 1 saturated heterocycles. The number of carbonyl (C=O) groups excluding carboxylic acids is 3. The first-order valence-corrected chi connectivity index (χ1v) is 9.79. The highest BCUT2D eigenvalue weighted by Crippen LogP contribution is 2.22. The molecule has 1 aromatic carbocycles. The van der Waals surface area contributed by atoms with E-state index in [-0.39, 0.29) is 30.3 Å². The number of hydrogen-bond donors (Lipinski definition) is 1. The third-order valence-corrected chi connectivity index (χ3v) is 5.37. The largest absolute Gasteiger partial charge is 0.350 e. The summed E-state index contributed by atoms with van der Waals surface area (Å²) in [5.74, 6) is -0.235. The van der Waals surface area contributed by atoms with Crippen LogP contribution in [0.3, 0.4) is 0 Å². The van der Waals surface area contributed by atoms with Crippen LogP contribution in [0.4, 0.5) is 0 Å². The lowest BCUT2D eigenvalue weighted by Gasteiger charge is -2.19. The number of amides is 3. The first-order valence-electron chi connectivity index (χ1n) is 9.79. The van der Waals surface area contributed by atoms with Crippen molar-refractivity contribution in [2.75, 3.05) is 19.6 Å². The Morgan fingerprint density at radius 1 is 1.21 bits per heavy atom. The van der Waals surface area contributed by atoms with E-state index < -0.39 is 0 Å². The van der Waals surface area contributed by atoms with Crippen molar-refractivity contribution in [3.05, 3.63) is 59.7 Å². The second-order valence-electron chi connectivity index (χ2n) is 7.41. The zero-order valence-electron chi connectivity index (χ0n) is 16.1. The third-order valence-electron chi connectivity index (χ3n) is 5.37. The Morgan fingerprint density at radius 3 is 2.86 bits per heavy atom. The van der Waals surface area contributed by atoms with Crippen molar-refractivity contribution in [3.8, 4) is 0 Å². The molecular weight excluding hydrogens is 370 g/mol. The molecule has 1 aromatic heterocycles. The molecule has 0 radical (unpaired) electrons. The van der Waals surface area contributed by atoms with Crippen LogP contribution in [0.5, 0.6) is 0 Å². The normalized spacial score (nSPS) is 18.1. The Bertz CT molecular complexity index is 918. The number of aromatic nitrogens is 2. The zero-order chi connectivity index (χ0) is 20.2. The molecule has 29 heavy (non-hydrogen) atoms. The minimum Gasteiger partial charge on any atom is -0.350 e. The molecule has 3 amide bonds. The molecule has 0 unspecified atom stereocenters. The van der Waals surface area contributed by atoms with Crippen LogP contribution in [0.15, 0.2) is 42.9 Å². The predicted octanol–water partition coefficient (Wildman–Crippen LogP) is 0.782. The number of hydrogen-bond acceptors (Lipinski definition) is 5. The van der Waals surface area contributed by atoms with Crippen molar-refractivity contribution in [2.24, 2.45) is 0 Å². The molecule has 1 fully saturated rings. The fourth-order valence-corrected chi connectivity index (χ4v) is 3.85. The van der Waals surface area contributed by atoms with Gasteiger partial charge in [-0.25, -0.2) is 9.97 Å². The molecule has 8 heteroatoms. The van der Waals surface area contributed by atoms with Gasteiger partial charge in [0.05, 0.1) is 0 Å². The Morgan fingerprint density at radius 2 is 2.07 bits per heavy atom. The predicted molar refractivity (Wildman–Crippen MR) is 105 cm³/mol. The van der Waals surface area contributed by atoms with Gasteiger partial charge in [-0.1, -0.05) is 18.2 Å². The van der Waals surface area contributed by atoms with Crippen LogP contribution in [0, 0.1) is 0 Å². The molecule has 0 saturated carbocycles. The monoisotopic (exact) mass is 393 g/mol. The maximum absolute atomic E-state index is 12.4. The van der Waals surface area contributed by atoms with Gasteiger partial charge in [-0.3, -0.25) is 14.4 Å². The number of likely N-dealkylation sites (tertiary alicyclic amines) is 1. The maximum Gasteiger partial charge on any atom is 0.254 e. The van der Waals surface area contributed by atoms with Crippen LogP contribution in [0.25, 0.3) is 0 Å². The number of nitrogens with one attached hydrogen (secondary N) is 1. The molecule has 0 bridgehead atoms. The van der Waals surface area contributed by atoms with Crippen molar-refractivity contribution in [2.45, 2.75) is 31.8 Å². The van der Waals surface area contributed by atoms with Crippen molar-refractivity contribution in [1.29, 1.82) is 0 Å². The van der Waals surface area contributed by atoms with Crippen LogP contribution in [0.2, 0.25) is 0 Å². The lowest BCUT2D eigenvalue weighted by Crippen LogP contribution is -2.43. The highest BCUT2D eigenvalue weighted by Gasteiger charge is 2.31. The van der Waals surface area contributed by atoms with E-state index in [0.717, 1.165) is 17.7 Å². The minimum absolute atomic E-state index is 0.0334. The van der Waals surface area contributed by atoms with Crippen molar-refractivity contribution >= 4 is 17.7 Å². The lowest BCUT2D eigenvalue weighted by atomic mass is 10.1. The highest BCUT2D eigenvalue weighted by atomic mass is 16.2. The average Bonchev–Trinajstić information content (AvgIpc) is 3.32. The van der Waals surface area contributed by atoms with Gasteiger partial charge in [-0.2, -0.15) is 0 Å². The van der Waals surface area contributed by atoms with Crippen LogP contribution < -0.4 is 5.32 Å². The van der Waals surface area contributed by atoms with Crippen molar-refractivity contribution < 1.29 is 14.4 Å². The molecular formula is C21H23N5O3. The first kappa shape index (κ1) is 19.0. The summed E-state index contributed by atoms with van der Waals surface area (Å²) in [6, 6.07) is 9.15. The van der Waals surface area contributed by atoms with E-state index in [1.807, 2.05) is 18.2 Å². The summed E-state index contributed by atoms with van der Waals surface area (Å²) in [5.41, 5.74) is 2.46. The fourth-order valence-electron chi connectivity index (χ4n) is 3.85. The zero-order valence-corrected chi connectivity index (χ0v) is 16.1. The van der Waals surface area contributed by atoms with Crippen LogP contribution in [0.1, 0.15) is 34.5 Å². The molecule has 0 aliphatic carbocycles. The van der Waals surface area contributed by atoms with Gasteiger partial charge in [0.25, 0.3) is 5.91 Å². The number of fused-ring (bicyclic) bond motifs is 1. The summed E-state index contributed by atoms with van der Waals surface area (Å²) in [5, 5.41) is 2.96. The summed E-state index contributed by atoms with van der Waals surface area (Å²) in [4.78, 5) is 48.6. The van der Waals surface area contributed by atoms with E-state index in [1.54, 1.807) is 28.1 Å². The topological polar surface area (TPSA) is 95.5 Å². The van der Waals surface area contributed by atoms with Gasteiger partial charge in [0.1, 0.15) is 12.9 Å². The first-order chi connectivity index (χ1) is 14.1. The van der Waals surface area contributed by atoms with E-state index in [1.165, 1.54) is 6.33 Å². The summed E-state index contributed by atoms with van der Waals surface area (Å²) in [6.07, 6.45) is 4.83. The van der Waals surface area contributed by atoms with Crippen LogP contribution in [-0.4, -0.2) is 63.2 Å². The van der Waals surface area contributed by atoms with Gasteiger partial charge in [0, 0.05) is 49.6 Å². The molecule has 2 aliphatic heterocycles. The Kier molecular flexibility index (Phi) is 5.50. The van der Waals surface area contributed by atoms with Gasteiger partial charge in [0.2, 0.25) is 11.8 Å². The lowest BCUT2D eigenvalue weighted by molar-refractivity contribution is -0.130. The number of nitrogens with zero attached hydrogens (tertiary/aromatic N) is 4. The van der Waals surface area contributed by atoms with E-state index in [2.05, 4.69) is 15.3 Å². The SMILES string of the molecule is O=C(CN1Cc2ccccc2C1=O)N[C@H]1CCN(C(=O)CCc2ccncn2)C1. The molecule has 150 valence electrons. The van der Waals surface area contributed by atoms with Gasteiger partial charge in [-0.15, -0.1) is 0 Å².